The second-order valence-corrected chi connectivity index (χ2v) is 3.54. The molecule has 0 aromatic heterocycles. The number of nitrogens with two attached hydrogens (primary N) is 1. The smallest absolute Gasteiger partial charge is 0.255 e. The topological polar surface area (TPSA) is 84.9 Å². The van der Waals surface area contributed by atoms with E-state index < -0.39 is 5.91 Å². The van der Waals surface area contributed by atoms with E-state index in [0.29, 0.717) is 15.8 Å². The summed E-state index contributed by atoms with van der Waals surface area (Å²) in [6.45, 7) is -0.175. The number of ether oxygens (including phenoxy) is 1. The van der Waals surface area contributed by atoms with Gasteiger partial charge in [0.25, 0.3) is 5.91 Å². The summed E-state index contributed by atoms with van der Waals surface area (Å²) >= 11 is 3.25. The summed E-state index contributed by atoms with van der Waals surface area (Å²) < 4.78 is 5.76. The Kier molecular flexibility index (Phi) is 4.11. The maximum atomic E-state index is 10.5. The molecule has 5 nitrogen and oxygen atoms in total. The van der Waals surface area contributed by atoms with Crippen molar-refractivity contribution in [2.45, 2.75) is 0 Å². The van der Waals surface area contributed by atoms with E-state index in [0.717, 1.165) is 0 Å². The van der Waals surface area contributed by atoms with Gasteiger partial charge < -0.3 is 15.7 Å². The standard InChI is InChI=1S/C9H9BrN2O3/c10-7-3-6(4-12-14)1-2-8(7)15-5-9(11)13/h1-4,14H,5H2,(H2,11,13)/b12-4+. The molecule has 6 heteroatoms. The van der Waals surface area contributed by atoms with Gasteiger partial charge in [0.1, 0.15) is 5.75 Å². The molecule has 1 rings (SSSR count). The van der Waals surface area contributed by atoms with Crippen molar-refractivity contribution in [1.82, 2.24) is 0 Å². The number of rotatable bonds is 4. The van der Waals surface area contributed by atoms with Crippen molar-refractivity contribution in [2.75, 3.05) is 6.61 Å². The number of benzene rings is 1. The Morgan fingerprint density at radius 1 is 1.67 bits per heavy atom. The van der Waals surface area contributed by atoms with Crippen molar-refractivity contribution in [3.8, 4) is 5.75 Å². The molecule has 0 spiro atoms. The molecule has 3 N–H and O–H groups in total. The molecule has 0 bridgehead atoms. The number of hydrogen-bond donors (Lipinski definition) is 2. The van der Waals surface area contributed by atoms with Gasteiger partial charge in [0.2, 0.25) is 0 Å². The van der Waals surface area contributed by atoms with Crippen molar-refractivity contribution < 1.29 is 14.7 Å². The lowest BCUT2D eigenvalue weighted by Crippen LogP contribution is -2.20. The van der Waals surface area contributed by atoms with Gasteiger partial charge in [-0.2, -0.15) is 0 Å². The zero-order chi connectivity index (χ0) is 11.3. The van der Waals surface area contributed by atoms with Crippen LogP contribution in [-0.2, 0) is 4.79 Å². The average Bonchev–Trinajstić information content (AvgIpc) is 2.17. The lowest BCUT2D eigenvalue weighted by Gasteiger charge is -2.06. The Labute approximate surface area is 94.7 Å². The van der Waals surface area contributed by atoms with Crippen LogP contribution in [0.4, 0.5) is 0 Å². The molecule has 80 valence electrons. The molecular formula is C9H9BrN2O3. The van der Waals surface area contributed by atoms with Crippen molar-refractivity contribution in [3.63, 3.8) is 0 Å². The summed E-state index contributed by atoms with van der Waals surface area (Å²) in [5.74, 6) is -0.0354. The van der Waals surface area contributed by atoms with Crippen LogP contribution in [0.5, 0.6) is 5.75 Å². The van der Waals surface area contributed by atoms with E-state index in [1.807, 2.05) is 0 Å². The van der Waals surface area contributed by atoms with Crippen LogP contribution in [0.15, 0.2) is 27.8 Å². The third-order valence-corrected chi connectivity index (χ3v) is 2.15. The van der Waals surface area contributed by atoms with Gasteiger partial charge in [-0.1, -0.05) is 5.16 Å². The van der Waals surface area contributed by atoms with Crippen LogP contribution < -0.4 is 10.5 Å². The molecule has 0 heterocycles. The van der Waals surface area contributed by atoms with Crippen molar-refractivity contribution in [1.29, 1.82) is 0 Å². The van der Waals surface area contributed by atoms with E-state index >= 15 is 0 Å². The highest BCUT2D eigenvalue weighted by Crippen LogP contribution is 2.25. The second-order valence-electron chi connectivity index (χ2n) is 2.69. The number of carbonyl (C=O) groups excluding carboxylic acids is 1. The summed E-state index contributed by atoms with van der Waals surface area (Å²) in [6, 6.07) is 5.01. The quantitative estimate of drug-likeness (QED) is 0.489. The fraction of sp³-hybridized carbons (Fsp3) is 0.111. The van der Waals surface area contributed by atoms with Gasteiger partial charge >= 0.3 is 0 Å². The number of nitrogens with zero attached hydrogens (tertiary/aromatic N) is 1. The third-order valence-electron chi connectivity index (χ3n) is 1.53. The van der Waals surface area contributed by atoms with Crippen LogP contribution >= 0.6 is 15.9 Å². The number of oxime groups is 1. The summed E-state index contributed by atoms with van der Waals surface area (Å²) in [5.41, 5.74) is 5.64. The number of carbonyl (C=O) groups is 1. The van der Waals surface area contributed by atoms with E-state index in [4.69, 9.17) is 15.7 Å². The number of amides is 1. The van der Waals surface area contributed by atoms with Crippen LogP contribution in [0.3, 0.4) is 0 Å². The van der Waals surface area contributed by atoms with E-state index in [1.165, 1.54) is 6.21 Å². The molecule has 0 radical (unpaired) electrons. The summed E-state index contributed by atoms with van der Waals surface area (Å²) in [4.78, 5) is 10.5. The summed E-state index contributed by atoms with van der Waals surface area (Å²) in [7, 11) is 0. The van der Waals surface area contributed by atoms with E-state index in [-0.39, 0.29) is 6.61 Å². The van der Waals surface area contributed by atoms with E-state index in [2.05, 4.69) is 21.1 Å². The molecule has 0 aliphatic rings. The fourth-order valence-electron chi connectivity index (χ4n) is 0.930. The van der Waals surface area contributed by atoms with Crippen LogP contribution in [0, 0.1) is 0 Å². The Morgan fingerprint density at radius 3 is 2.93 bits per heavy atom. The molecule has 0 saturated carbocycles. The van der Waals surface area contributed by atoms with Crippen molar-refractivity contribution in [3.05, 3.63) is 28.2 Å². The van der Waals surface area contributed by atoms with Crippen LogP contribution in [0.2, 0.25) is 0 Å². The SMILES string of the molecule is NC(=O)COc1ccc(/C=N/O)cc1Br. The minimum Gasteiger partial charge on any atom is -0.483 e. The van der Waals surface area contributed by atoms with Gasteiger partial charge in [0.05, 0.1) is 10.7 Å². The van der Waals surface area contributed by atoms with Crippen LogP contribution in [-0.4, -0.2) is 23.9 Å². The Bertz CT molecular complexity index is 393. The Hall–Kier alpha value is -1.56. The number of hydrogen-bond acceptors (Lipinski definition) is 4. The molecule has 0 saturated heterocycles. The average molecular weight is 273 g/mol. The molecule has 15 heavy (non-hydrogen) atoms. The molecule has 1 amide bonds. The summed E-state index contributed by atoms with van der Waals surface area (Å²) in [6.07, 6.45) is 1.28. The maximum absolute atomic E-state index is 10.5. The van der Waals surface area contributed by atoms with Gasteiger partial charge in [0, 0.05) is 0 Å². The number of primary amides is 1. The Balaban J connectivity index is 2.78. The second kappa shape index (κ2) is 5.35. The predicted molar refractivity (Wildman–Crippen MR) is 58.2 cm³/mol. The van der Waals surface area contributed by atoms with Gasteiger partial charge in [-0.3, -0.25) is 4.79 Å². The van der Waals surface area contributed by atoms with Crippen molar-refractivity contribution in [2.24, 2.45) is 10.9 Å². The first-order valence-corrected chi connectivity index (χ1v) is 4.81. The number of halogens is 1. The van der Waals surface area contributed by atoms with E-state index in [9.17, 15) is 4.79 Å². The molecule has 0 unspecified atom stereocenters. The normalized spacial score (nSPS) is 10.5. The lowest BCUT2D eigenvalue weighted by molar-refractivity contribution is -0.119. The first-order valence-electron chi connectivity index (χ1n) is 4.01. The zero-order valence-corrected chi connectivity index (χ0v) is 9.27. The monoisotopic (exact) mass is 272 g/mol. The maximum Gasteiger partial charge on any atom is 0.255 e. The zero-order valence-electron chi connectivity index (χ0n) is 7.68. The van der Waals surface area contributed by atoms with Gasteiger partial charge in [0.15, 0.2) is 6.61 Å². The third kappa shape index (κ3) is 3.59. The first-order chi connectivity index (χ1) is 7.13. The molecule has 0 aliphatic carbocycles. The fourth-order valence-corrected chi connectivity index (χ4v) is 1.44. The predicted octanol–water partition coefficient (Wildman–Crippen LogP) is 1.12. The molecule has 1 aromatic carbocycles. The first kappa shape index (κ1) is 11.5. The molecule has 0 fully saturated rings. The minimum atomic E-state index is -0.539. The molecule has 1 aromatic rings. The highest BCUT2D eigenvalue weighted by molar-refractivity contribution is 9.10. The molecule has 0 aliphatic heterocycles. The highest BCUT2D eigenvalue weighted by atomic mass is 79.9. The van der Waals surface area contributed by atoms with Gasteiger partial charge in [-0.15, -0.1) is 0 Å². The van der Waals surface area contributed by atoms with Gasteiger partial charge in [-0.05, 0) is 39.7 Å². The Morgan fingerprint density at radius 2 is 2.40 bits per heavy atom. The van der Waals surface area contributed by atoms with E-state index in [1.54, 1.807) is 18.2 Å². The van der Waals surface area contributed by atoms with Crippen molar-refractivity contribution >= 4 is 28.1 Å². The van der Waals surface area contributed by atoms with Gasteiger partial charge in [-0.25, -0.2) is 0 Å². The molecule has 0 atom stereocenters. The van der Waals surface area contributed by atoms with Crippen LogP contribution in [0.1, 0.15) is 5.56 Å². The summed E-state index contributed by atoms with van der Waals surface area (Å²) in [5, 5.41) is 11.2. The highest BCUT2D eigenvalue weighted by Gasteiger charge is 2.03. The molecular weight excluding hydrogens is 264 g/mol. The minimum absolute atomic E-state index is 0.175. The largest absolute Gasteiger partial charge is 0.483 e. The lowest BCUT2D eigenvalue weighted by atomic mass is 10.2. The van der Waals surface area contributed by atoms with Crippen LogP contribution in [0.25, 0.3) is 0 Å².